The molecule has 1 aromatic carbocycles. The zero-order valence-electron chi connectivity index (χ0n) is 13.0. The summed E-state index contributed by atoms with van der Waals surface area (Å²) in [6.07, 6.45) is 3.19. The van der Waals surface area contributed by atoms with Crippen LogP contribution in [0.1, 0.15) is 22.3 Å². The first-order valence-corrected chi connectivity index (χ1v) is 7.02. The van der Waals surface area contributed by atoms with Crippen LogP contribution in [0.15, 0.2) is 46.4 Å². The first-order valence-electron chi connectivity index (χ1n) is 7.02. The molecule has 0 aliphatic rings. The Morgan fingerprint density at radius 1 is 1.18 bits per heavy atom. The lowest BCUT2D eigenvalue weighted by Gasteiger charge is -2.06. The maximum absolute atomic E-state index is 11.8. The number of hydrazone groups is 1. The molecule has 2 aromatic rings. The SMILES string of the molecule is Cc1cc(C)c(/C=N\NC(=O)Cn2ccccc2=O)cc1C. The molecular weight excluding hydrogens is 278 g/mol. The van der Waals surface area contributed by atoms with Crippen molar-refractivity contribution in [3.63, 3.8) is 0 Å². The number of aryl methyl sites for hydroxylation is 3. The fraction of sp³-hybridized carbons (Fsp3) is 0.235. The topological polar surface area (TPSA) is 63.5 Å². The van der Waals surface area contributed by atoms with Crippen molar-refractivity contribution in [1.29, 1.82) is 0 Å². The summed E-state index contributed by atoms with van der Waals surface area (Å²) in [6, 6.07) is 8.87. The van der Waals surface area contributed by atoms with Gasteiger partial charge in [0.25, 0.3) is 11.5 Å². The van der Waals surface area contributed by atoms with Crippen molar-refractivity contribution in [3.05, 3.63) is 69.1 Å². The standard InChI is InChI=1S/C17H19N3O2/c1-12-8-14(3)15(9-13(12)2)10-18-19-16(21)11-20-7-5-4-6-17(20)22/h4-10H,11H2,1-3H3,(H,19,21)/b18-10-. The Morgan fingerprint density at radius 3 is 2.64 bits per heavy atom. The highest BCUT2D eigenvalue weighted by molar-refractivity contribution is 5.84. The third kappa shape index (κ3) is 3.91. The van der Waals surface area contributed by atoms with Gasteiger partial charge in [0.2, 0.25) is 0 Å². The molecular formula is C17H19N3O2. The zero-order chi connectivity index (χ0) is 16.1. The smallest absolute Gasteiger partial charge is 0.260 e. The van der Waals surface area contributed by atoms with Crippen molar-refractivity contribution in [2.75, 3.05) is 0 Å². The monoisotopic (exact) mass is 297 g/mol. The van der Waals surface area contributed by atoms with E-state index in [4.69, 9.17) is 0 Å². The van der Waals surface area contributed by atoms with E-state index in [9.17, 15) is 9.59 Å². The average Bonchev–Trinajstić information content (AvgIpc) is 2.47. The van der Waals surface area contributed by atoms with Crippen LogP contribution in [0.4, 0.5) is 0 Å². The lowest BCUT2D eigenvalue weighted by molar-refractivity contribution is -0.121. The molecule has 1 heterocycles. The number of rotatable bonds is 4. The third-order valence-electron chi connectivity index (χ3n) is 3.49. The van der Waals surface area contributed by atoms with E-state index in [0.29, 0.717) is 0 Å². The summed E-state index contributed by atoms with van der Waals surface area (Å²) in [5.74, 6) is -0.342. The summed E-state index contributed by atoms with van der Waals surface area (Å²) in [5, 5.41) is 3.96. The van der Waals surface area contributed by atoms with Crippen LogP contribution in [0.2, 0.25) is 0 Å². The molecule has 2 rings (SSSR count). The number of aromatic nitrogens is 1. The van der Waals surface area contributed by atoms with Gasteiger partial charge in [-0.3, -0.25) is 9.59 Å². The van der Waals surface area contributed by atoms with E-state index in [-0.39, 0.29) is 18.0 Å². The molecule has 0 unspecified atom stereocenters. The fourth-order valence-electron chi connectivity index (χ4n) is 2.08. The van der Waals surface area contributed by atoms with Crippen molar-refractivity contribution in [3.8, 4) is 0 Å². The Morgan fingerprint density at radius 2 is 1.91 bits per heavy atom. The number of benzene rings is 1. The van der Waals surface area contributed by atoms with Crippen molar-refractivity contribution < 1.29 is 4.79 Å². The molecule has 0 fully saturated rings. The largest absolute Gasteiger partial charge is 0.306 e. The Bertz CT molecular complexity index is 776. The van der Waals surface area contributed by atoms with E-state index in [2.05, 4.69) is 23.5 Å². The van der Waals surface area contributed by atoms with Gasteiger partial charge in [0, 0.05) is 12.3 Å². The third-order valence-corrected chi connectivity index (χ3v) is 3.49. The first-order chi connectivity index (χ1) is 10.5. The number of nitrogens with one attached hydrogen (secondary N) is 1. The van der Waals surface area contributed by atoms with Crippen molar-refractivity contribution in [2.24, 2.45) is 5.10 Å². The minimum Gasteiger partial charge on any atom is -0.306 e. The summed E-state index contributed by atoms with van der Waals surface area (Å²) in [6.45, 7) is 6.04. The average molecular weight is 297 g/mol. The minimum atomic E-state index is -0.342. The number of carbonyl (C=O) groups excluding carboxylic acids is 1. The van der Waals surface area contributed by atoms with Gasteiger partial charge in [0.05, 0.1) is 6.21 Å². The van der Waals surface area contributed by atoms with Gasteiger partial charge in [-0.2, -0.15) is 5.10 Å². The highest BCUT2D eigenvalue weighted by Crippen LogP contribution is 2.13. The van der Waals surface area contributed by atoms with Gasteiger partial charge in [0.15, 0.2) is 0 Å². The second-order valence-electron chi connectivity index (χ2n) is 5.25. The molecule has 0 radical (unpaired) electrons. The van der Waals surface area contributed by atoms with Crippen molar-refractivity contribution >= 4 is 12.1 Å². The predicted octanol–water partition coefficient (Wildman–Crippen LogP) is 1.92. The van der Waals surface area contributed by atoms with Gasteiger partial charge in [-0.15, -0.1) is 0 Å². The van der Waals surface area contributed by atoms with E-state index in [0.717, 1.165) is 11.1 Å². The highest BCUT2D eigenvalue weighted by Gasteiger charge is 2.03. The van der Waals surface area contributed by atoms with E-state index in [1.54, 1.807) is 24.5 Å². The minimum absolute atomic E-state index is 0.0527. The molecule has 5 nitrogen and oxygen atoms in total. The molecule has 5 heteroatoms. The van der Waals surface area contributed by atoms with Crippen LogP contribution in [0.3, 0.4) is 0 Å². The van der Waals surface area contributed by atoms with Crippen LogP contribution >= 0.6 is 0 Å². The molecule has 0 spiro atoms. The molecule has 0 atom stereocenters. The molecule has 1 amide bonds. The number of hydrogen-bond acceptors (Lipinski definition) is 3. The summed E-state index contributed by atoms with van der Waals surface area (Å²) in [7, 11) is 0. The Labute approximate surface area is 129 Å². The van der Waals surface area contributed by atoms with Gasteiger partial charge in [-0.25, -0.2) is 5.43 Å². The molecule has 22 heavy (non-hydrogen) atoms. The molecule has 1 aromatic heterocycles. The van der Waals surface area contributed by atoms with E-state index < -0.39 is 0 Å². The van der Waals surface area contributed by atoms with Gasteiger partial charge < -0.3 is 4.57 Å². The van der Waals surface area contributed by atoms with Gasteiger partial charge >= 0.3 is 0 Å². The molecule has 0 saturated heterocycles. The van der Waals surface area contributed by atoms with Crippen molar-refractivity contribution in [1.82, 2.24) is 9.99 Å². The van der Waals surface area contributed by atoms with Crippen LogP contribution in [-0.4, -0.2) is 16.7 Å². The Balaban J connectivity index is 2.01. The summed E-state index contributed by atoms with van der Waals surface area (Å²) in [5.41, 5.74) is 6.68. The van der Waals surface area contributed by atoms with Gasteiger partial charge in [-0.05, 0) is 55.2 Å². The van der Waals surface area contributed by atoms with Gasteiger partial charge in [-0.1, -0.05) is 12.1 Å². The molecule has 0 saturated carbocycles. The fourth-order valence-corrected chi connectivity index (χ4v) is 2.08. The summed E-state index contributed by atoms with van der Waals surface area (Å²) in [4.78, 5) is 23.3. The highest BCUT2D eigenvalue weighted by atomic mass is 16.2. The summed E-state index contributed by atoms with van der Waals surface area (Å²) < 4.78 is 1.33. The van der Waals surface area contributed by atoms with Gasteiger partial charge in [0.1, 0.15) is 6.54 Å². The van der Waals surface area contributed by atoms with Crippen LogP contribution < -0.4 is 11.0 Å². The lowest BCUT2D eigenvalue weighted by Crippen LogP contribution is -2.29. The molecule has 0 bridgehead atoms. The molecule has 114 valence electrons. The zero-order valence-corrected chi connectivity index (χ0v) is 13.0. The molecule has 0 aliphatic carbocycles. The van der Waals surface area contributed by atoms with Crippen LogP contribution in [-0.2, 0) is 11.3 Å². The van der Waals surface area contributed by atoms with Crippen molar-refractivity contribution in [2.45, 2.75) is 27.3 Å². The quantitative estimate of drug-likeness (QED) is 0.692. The normalized spacial score (nSPS) is 10.9. The van der Waals surface area contributed by atoms with Crippen LogP contribution in [0, 0.1) is 20.8 Å². The number of pyridine rings is 1. The maximum atomic E-state index is 11.8. The second-order valence-corrected chi connectivity index (χ2v) is 5.25. The predicted molar refractivity (Wildman–Crippen MR) is 87.1 cm³/mol. The maximum Gasteiger partial charge on any atom is 0.260 e. The van der Waals surface area contributed by atoms with Crippen LogP contribution in [0.5, 0.6) is 0 Å². The van der Waals surface area contributed by atoms with Crippen LogP contribution in [0.25, 0.3) is 0 Å². The van der Waals surface area contributed by atoms with E-state index in [1.807, 2.05) is 19.9 Å². The lowest BCUT2D eigenvalue weighted by atomic mass is 10.0. The summed E-state index contributed by atoms with van der Waals surface area (Å²) >= 11 is 0. The molecule has 0 aliphatic heterocycles. The number of carbonyl (C=O) groups is 1. The second kappa shape index (κ2) is 6.85. The Hall–Kier alpha value is -2.69. The molecule has 1 N–H and O–H groups in total. The first kappa shape index (κ1) is 15.7. The number of nitrogens with zero attached hydrogens (tertiary/aromatic N) is 2. The van der Waals surface area contributed by atoms with E-state index in [1.165, 1.54) is 21.8 Å². The van der Waals surface area contributed by atoms with E-state index >= 15 is 0 Å². The Kier molecular flexibility index (Phi) is 4.88. The number of amides is 1. The number of hydrogen-bond donors (Lipinski definition) is 1.